The second-order valence-corrected chi connectivity index (χ2v) is 3.45. The highest BCUT2D eigenvalue weighted by Gasteiger charge is 2.28. The first-order chi connectivity index (χ1) is 5.82. The van der Waals surface area contributed by atoms with Crippen LogP contribution in [0.2, 0.25) is 10.0 Å². The monoisotopic (exact) mass is 228 g/mol. The van der Waals surface area contributed by atoms with Gasteiger partial charge in [0.15, 0.2) is 0 Å². The van der Waals surface area contributed by atoms with Gasteiger partial charge < -0.3 is 0 Å². The van der Waals surface area contributed by atoms with Crippen molar-refractivity contribution in [2.45, 2.75) is 12.8 Å². The molecule has 0 heterocycles. The minimum atomic E-state index is -3.16. The molecule has 0 spiro atoms. The number of halogens is 5. The minimum Gasteiger partial charge on any atom is -0.205 e. The summed E-state index contributed by atoms with van der Waals surface area (Å²) in [6.45, 7) is 0.640. The van der Waals surface area contributed by atoms with Crippen LogP contribution in [0.15, 0.2) is 12.1 Å². The molecule has 0 nitrogen and oxygen atoms in total. The molecule has 0 aliphatic heterocycles. The SMILES string of the molecule is CC(F)(F)c1cc(F)c(Cl)cc1Cl. The highest BCUT2D eigenvalue weighted by molar-refractivity contribution is 6.35. The molecule has 1 rings (SSSR count). The lowest BCUT2D eigenvalue weighted by Gasteiger charge is -2.12. The Kier molecular flexibility index (Phi) is 2.78. The average Bonchev–Trinajstić information content (AvgIpc) is 1.94. The van der Waals surface area contributed by atoms with Crippen LogP contribution in [0.4, 0.5) is 13.2 Å². The smallest absolute Gasteiger partial charge is 0.205 e. The molecule has 0 fully saturated rings. The summed E-state index contributed by atoms with van der Waals surface area (Å²) < 4.78 is 38.2. The predicted octanol–water partition coefficient (Wildman–Crippen LogP) is 4.24. The summed E-state index contributed by atoms with van der Waals surface area (Å²) in [5.41, 5.74) is -0.559. The van der Waals surface area contributed by atoms with Crippen LogP contribution >= 0.6 is 23.2 Å². The zero-order valence-electron chi connectivity index (χ0n) is 6.54. The fourth-order valence-electron chi connectivity index (χ4n) is 0.859. The lowest BCUT2D eigenvalue weighted by atomic mass is 10.1. The van der Waals surface area contributed by atoms with E-state index in [1.165, 1.54) is 0 Å². The summed E-state index contributed by atoms with van der Waals surface area (Å²) in [5.74, 6) is -4.06. The van der Waals surface area contributed by atoms with E-state index >= 15 is 0 Å². The average molecular weight is 229 g/mol. The molecule has 0 aromatic heterocycles. The third-order valence-electron chi connectivity index (χ3n) is 1.48. The fraction of sp³-hybridized carbons (Fsp3) is 0.250. The van der Waals surface area contributed by atoms with Gasteiger partial charge in [-0.2, -0.15) is 0 Å². The Labute approximate surface area is 83.3 Å². The first kappa shape index (κ1) is 10.7. The van der Waals surface area contributed by atoms with Crippen molar-refractivity contribution in [3.63, 3.8) is 0 Å². The Bertz CT molecular complexity index is 331. The maximum absolute atomic E-state index is 12.8. The lowest BCUT2D eigenvalue weighted by molar-refractivity contribution is 0.0173. The summed E-state index contributed by atoms with van der Waals surface area (Å²) in [5, 5.41) is -0.503. The molecule has 0 bridgehead atoms. The Hall–Kier alpha value is -0.410. The van der Waals surface area contributed by atoms with Crippen molar-refractivity contribution in [3.05, 3.63) is 33.6 Å². The molecule has 5 heteroatoms. The van der Waals surface area contributed by atoms with Gasteiger partial charge in [-0.1, -0.05) is 23.2 Å². The maximum atomic E-state index is 12.8. The fourth-order valence-corrected chi connectivity index (χ4v) is 1.41. The largest absolute Gasteiger partial charge is 0.272 e. The molecular weight excluding hydrogens is 224 g/mol. The molecule has 0 N–H and O–H groups in total. The third-order valence-corrected chi connectivity index (χ3v) is 2.09. The van der Waals surface area contributed by atoms with E-state index in [0.717, 1.165) is 6.07 Å². The van der Waals surface area contributed by atoms with E-state index in [4.69, 9.17) is 23.2 Å². The van der Waals surface area contributed by atoms with E-state index < -0.39 is 17.3 Å². The van der Waals surface area contributed by atoms with Crippen molar-refractivity contribution in [2.24, 2.45) is 0 Å². The molecule has 13 heavy (non-hydrogen) atoms. The van der Waals surface area contributed by atoms with E-state index in [1.54, 1.807) is 0 Å². The number of hydrogen-bond donors (Lipinski definition) is 0. The second-order valence-electron chi connectivity index (χ2n) is 2.63. The first-order valence-corrected chi connectivity index (χ1v) is 4.11. The van der Waals surface area contributed by atoms with Gasteiger partial charge >= 0.3 is 0 Å². The van der Waals surface area contributed by atoms with Crippen LogP contribution in [0.5, 0.6) is 0 Å². The molecule has 1 aromatic carbocycles. The summed E-state index contributed by atoms with van der Waals surface area (Å²) in [4.78, 5) is 0. The molecule has 1 aromatic rings. The highest BCUT2D eigenvalue weighted by Crippen LogP contribution is 2.35. The van der Waals surface area contributed by atoms with E-state index in [2.05, 4.69) is 0 Å². The normalized spacial score (nSPS) is 11.8. The van der Waals surface area contributed by atoms with Gasteiger partial charge in [0.1, 0.15) is 5.82 Å². The van der Waals surface area contributed by atoms with E-state index in [1.807, 2.05) is 0 Å². The summed E-state index contributed by atoms with van der Waals surface area (Å²) in [6, 6.07) is 1.61. The van der Waals surface area contributed by atoms with Crippen molar-refractivity contribution in [1.29, 1.82) is 0 Å². The van der Waals surface area contributed by atoms with Crippen molar-refractivity contribution in [3.8, 4) is 0 Å². The van der Waals surface area contributed by atoms with Gasteiger partial charge in [-0.3, -0.25) is 0 Å². The Morgan fingerprint density at radius 3 is 2.15 bits per heavy atom. The second kappa shape index (κ2) is 3.39. The molecule has 0 aliphatic carbocycles. The van der Waals surface area contributed by atoms with Gasteiger partial charge in [0.25, 0.3) is 5.92 Å². The predicted molar refractivity (Wildman–Crippen MR) is 46.0 cm³/mol. The van der Waals surface area contributed by atoms with Crippen LogP contribution in [0, 0.1) is 5.82 Å². The van der Waals surface area contributed by atoms with Crippen molar-refractivity contribution < 1.29 is 13.2 Å². The number of hydrogen-bond acceptors (Lipinski definition) is 0. The van der Waals surface area contributed by atoms with Crippen LogP contribution < -0.4 is 0 Å². The van der Waals surface area contributed by atoms with Crippen LogP contribution in [-0.2, 0) is 5.92 Å². The zero-order valence-corrected chi connectivity index (χ0v) is 8.06. The molecule has 0 amide bonds. The molecule has 0 radical (unpaired) electrons. The third kappa shape index (κ3) is 2.29. The topological polar surface area (TPSA) is 0 Å². The molecule has 0 aliphatic rings. The van der Waals surface area contributed by atoms with Crippen LogP contribution in [0.3, 0.4) is 0 Å². The Morgan fingerprint density at radius 2 is 1.69 bits per heavy atom. The molecule has 72 valence electrons. The van der Waals surface area contributed by atoms with Gasteiger partial charge in [0.2, 0.25) is 0 Å². The van der Waals surface area contributed by atoms with Gasteiger partial charge in [-0.25, -0.2) is 13.2 Å². The Morgan fingerprint density at radius 1 is 1.15 bits per heavy atom. The minimum absolute atomic E-state index is 0.237. The Balaban J connectivity index is 3.32. The number of alkyl halides is 2. The zero-order chi connectivity index (χ0) is 10.2. The number of rotatable bonds is 1. The van der Waals surface area contributed by atoms with Crippen molar-refractivity contribution in [2.75, 3.05) is 0 Å². The highest BCUT2D eigenvalue weighted by atomic mass is 35.5. The number of benzene rings is 1. The summed E-state index contributed by atoms with van der Waals surface area (Å²) in [6.07, 6.45) is 0. The van der Waals surface area contributed by atoms with Crippen LogP contribution in [-0.4, -0.2) is 0 Å². The van der Waals surface area contributed by atoms with Gasteiger partial charge in [0, 0.05) is 12.5 Å². The molecule has 0 saturated heterocycles. The molecule has 0 unspecified atom stereocenters. The van der Waals surface area contributed by atoms with E-state index in [-0.39, 0.29) is 10.0 Å². The molecular formula is C8H5Cl2F3. The van der Waals surface area contributed by atoms with Gasteiger partial charge in [-0.05, 0) is 12.1 Å². The first-order valence-electron chi connectivity index (χ1n) is 3.35. The van der Waals surface area contributed by atoms with Crippen molar-refractivity contribution in [1.82, 2.24) is 0 Å². The maximum Gasteiger partial charge on any atom is 0.272 e. The molecule has 0 saturated carbocycles. The van der Waals surface area contributed by atoms with Crippen LogP contribution in [0.25, 0.3) is 0 Å². The summed E-state index contributed by atoms with van der Waals surface area (Å²) >= 11 is 10.8. The van der Waals surface area contributed by atoms with Gasteiger partial charge in [0.05, 0.1) is 10.0 Å². The standard InChI is InChI=1S/C8H5Cl2F3/c1-8(12,13)4-2-7(11)6(10)3-5(4)9/h2-3H,1H3. The van der Waals surface area contributed by atoms with E-state index in [9.17, 15) is 13.2 Å². The quantitative estimate of drug-likeness (QED) is 0.631. The van der Waals surface area contributed by atoms with Gasteiger partial charge in [-0.15, -0.1) is 0 Å². The summed E-state index contributed by atoms with van der Waals surface area (Å²) in [7, 11) is 0. The van der Waals surface area contributed by atoms with Crippen molar-refractivity contribution >= 4 is 23.2 Å². The van der Waals surface area contributed by atoms with E-state index in [0.29, 0.717) is 13.0 Å². The lowest BCUT2D eigenvalue weighted by Crippen LogP contribution is -2.08. The van der Waals surface area contributed by atoms with Crippen LogP contribution in [0.1, 0.15) is 12.5 Å². The molecule has 0 atom stereocenters.